The molecule has 5 nitrogen and oxygen atoms in total. The molecule has 0 radical (unpaired) electrons. The number of carbonyl (C=O) groups excluding carboxylic acids is 2. The minimum atomic E-state index is -0.838. The number of aliphatic carboxylic acids is 1. The minimum Gasteiger partial charge on any atom is -0.481 e. The lowest BCUT2D eigenvalue weighted by molar-refractivity contribution is -0.237. The molecule has 5 heteroatoms. The number of rotatable bonds is 5. The van der Waals surface area contributed by atoms with Crippen LogP contribution in [0.25, 0.3) is 0 Å². The van der Waals surface area contributed by atoms with Gasteiger partial charge in [0, 0.05) is 23.9 Å². The van der Waals surface area contributed by atoms with Crippen molar-refractivity contribution >= 4 is 18.2 Å². The Hall–Kier alpha value is -1.39. The maximum Gasteiger partial charge on any atom is 0.303 e. The molecule has 1 N–H and O–H groups in total. The highest BCUT2D eigenvalue weighted by Crippen LogP contribution is 2.75. The van der Waals surface area contributed by atoms with E-state index in [-0.39, 0.29) is 45.9 Å². The van der Waals surface area contributed by atoms with Gasteiger partial charge < -0.3 is 14.8 Å². The minimum absolute atomic E-state index is 0.0146. The topological polar surface area (TPSA) is 74.7 Å². The number of carbonyl (C=O) groups is 3. The van der Waals surface area contributed by atoms with Crippen LogP contribution in [-0.4, -0.2) is 40.3 Å². The molecule has 5 aliphatic rings. The summed E-state index contributed by atoms with van der Waals surface area (Å²) in [6.07, 6.45) is 13.4. The Morgan fingerprint density at radius 2 is 1.55 bits per heavy atom. The molecular weight excluding hydrogens is 474 g/mol. The van der Waals surface area contributed by atoms with Crippen molar-refractivity contribution in [3.63, 3.8) is 0 Å². The highest BCUT2D eigenvalue weighted by molar-refractivity contribution is 5.79. The van der Waals surface area contributed by atoms with Crippen LogP contribution in [-0.2, 0) is 14.4 Å². The van der Waals surface area contributed by atoms with Gasteiger partial charge in [0.25, 0.3) is 0 Å². The number of piperidine rings is 1. The van der Waals surface area contributed by atoms with Crippen LogP contribution in [0.4, 0.5) is 0 Å². The van der Waals surface area contributed by atoms with Crippen LogP contribution in [0, 0.1) is 50.7 Å². The Bertz CT molecular complexity index is 1000. The summed E-state index contributed by atoms with van der Waals surface area (Å²) in [5.41, 5.74) is -0.0970. The van der Waals surface area contributed by atoms with E-state index in [1.54, 1.807) is 0 Å². The second kappa shape index (κ2) is 8.80. The fourth-order valence-electron chi connectivity index (χ4n) is 11.9. The van der Waals surface area contributed by atoms with Gasteiger partial charge in [0.1, 0.15) is 6.29 Å². The van der Waals surface area contributed by atoms with Crippen LogP contribution >= 0.6 is 0 Å². The number of nitrogens with zero attached hydrogens (tertiary/aromatic N) is 1. The van der Waals surface area contributed by atoms with Crippen LogP contribution in [0.3, 0.4) is 0 Å². The van der Waals surface area contributed by atoms with Crippen molar-refractivity contribution in [2.24, 2.45) is 50.7 Å². The van der Waals surface area contributed by atoms with E-state index in [2.05, 4.69) is 39.5 Å². The molecule has 5 fully saturated rings. The molecule has 0 bridgehead atoms. The van der Waals surface area contributed by atoms with Gasteiger partial charge in [0.15, 0.2) is 0 Å². The standard InChI is InChI=1S/C33H53NO4/c1-28(2,20-27(37)38)19-26(36)34-18-17-30(5)24(29(34,3)4)12-14-32(7)25(30)11-10-22-23-9-8-13-33(23,21-35)16-15-31(22,32)6/h21-25H,8-20H2,1-7H3,(H,37,38)/t22?,23-,24+,25-,30?,31-,32?,33?/m1/s1. The summed E-state index contributed by atoms with van der Waals surface area (Å²) in [5.74, 6) is 1.60. The second-order valence-electron chi connectivity index (χ2n) is 16.4. The van der Waals surface area contributed by atoms with Crippen LogP contribution in [0.15, 0.2) is 0 Å². The number of carboxylic acid groups (broad SMARTS) is 1. The third kappa shape index (κ3) is 3.79. The molecule has 0 aromatic carbocycles. The molecule has 1 heterocycles. The van der Waals surface area contributed by atoms with Crippen LogP contribution in [0.1, 0.15) is 126 Å². The quantitative estimate of drug-likeness (QED) is 0.386. The predicted octanol–water partition coefficient (Wildman–Crippen LogP) is 7.12. The number of carboxylic acids is 1. The Morgan fingerprint density at radius 1 is 0.842 bits per heavy atom. The second-order valence-corrected chi connectivity index (χ2v) is 16.4. The summed E-state index contributed by atoms with van der Waals surface area (Å²) in [7, 11) is 0. The van der Waals surface area contributed by atoms with Gasteiger partial charge in [0.2, 0.25) is 5.91 Å². The lowest BCUT2D eigenvalue weighted by Crippen LogP contribution is -2.70. The first-order chi connectivity index (χ1) is 17.6. The summed E-state index contributed by atoms with van der Waals surface area (Å²) >= 11 is 0. The van der Waals surface area contributed by atoms with Gasteiger partial charge in [-0.15, -0.1) is 0 Å². The first kappa shape index (κ1) is 28.1. The number of likely N-dealkylation sites (tertiary alicyclic amines) is 1. The molecule has 1 aliphatic heterocycles. The van der Waals surface area contributed by atoms with Gasteiger partial charge in [-0.1, -0.05) is 41.0 Å². The van der Waals surface area contributed by atoms with Crippen molar-refractivity contribution in [1.82, 2.24) is 4.90 Å². The Kier molecular flexibility index (Phi) is 6.52. The van der Waals surface area contributed by atoms with Gasteiger partial charge >= 0.3 is 5.97 Å². The van der Waals surface area contributed by atoms with E-state index in [0.29, 0.717) is 23.7 Å². The monoisotopic (exact) mass is 527 g/mol. The van der Waals surface area contributed by atoms with Crippen LogP contribution < -0.4 is 0 Å². The molecule has 4 saturated carbocycles. The maximum absolute atomic E-state index is 13.6. The smallest absolute Gasteiger partial charge is 0.303 e. The SMILES string of the molecule is CC(C)(CC(=O)O)CC(=O)N1CCC2(C)[C@@H](CCC3(C)[C@@H]2CCC2[C@H]4CCCC4(C=O)CC[C@]23C)C1(C)C. The number of hydrogen-bond donors (Lipinski definition) is 1. The van der Waals surface area contributed by atoms with Crippen molar-refractivity contribution in [2.75, 3.05) is 6.54 Å². The van der Waals surface area contributed by atoms with Gasteiger partial charge in [-0.25, -0.2) is 0 Å². The van der Waals surface area contributed by atoms with Crippen LogP contribution in [0.5, 0.6) is 0 Å². The number of fused-ring (bicyclic) bond motifs is 7. The van der Waals surface area contributed by atoms with E-state index >= 15 is 0 Å². The summed E-state index contributed by atoms with van der Waals surface area (Å²) in [6.45, 7) is 16.9. The lowest BCUT2D eigenvalue weighted by Gasteiger charge is -2.73. The van der Waals surface area contributed by atoms with E-state index < -0.39 is 11.4 Å². The summed E-state index contributed by atoms with van der Waals surface area (Å²) < 4.78 is 0. The summed E-state index contributed by atoms with van der Waals surface area (Å²) in [4.78, 5) is 39.5. The van der Waals surface area contributed by atoms with Crippen molar-refractivity contribution < 1.29 is 19.5 Å². The zero-order chi connectivity index (χ0) is 27.9. The zero-order valence-corrected chi connectivity index (χ0v) is 25.2. The fraction of sp³-hybridized carbons (Fsp3) is 0.909. The van der Waals surface area contributed by atoms with E-state index in [9.17, 15) is 19.5 Å². The maximum atomic E-state index is 13.6. The van der Waals surface area contributed by atoms with E-state index in [1.165, 1.54) is 44.8 Å². The first-order valence-electron chi connectivity index (χ1n) is 15.6. The van der Waals surface area contributed by atoms with Crippen molar-refractivity contribution in [3.05, 3.63) is 0 Å². The van der Waals surface area contributed by atoms with Crippen LogP contribution in [0.2, 0.25) is 0 Å². The fourth-order valence-corrected chi connectivity index (χ4v) is 11.9. The summed E-state index contributed by atoms with van der Waals surface area (Å²) in [6, 6.07) is 0. The molecule has 1 amide bonds. The average molecular weight is 528 g/mol. The van der Waals surface area contributed by atoms with Crippen molar-refractivity contribution in [1.29, 1.82) is 0 Å². The van der Waals surface area contributed by atoms with Gasteiger partial charge in [-0.3, -0.25) is 9.59 Å². The Balaban J connectivity index is 1.41. The van der Waals surface area contributed by atoms with Gasteiger partial charge in [-0.05, 0) is 117 Å². The third-order valence-corrected chi connectivity index (χ3v) is 13.9. The van der Waals surface area contributed by atoms with Gasteiger partial charge in [-0.2, -0.15) is 0 Å². The van der Waals surface area contributed by atoms with E-state index in [1.807, 2.05) is 13.8 Å². The summed E-state index contributed by atoms with van der Waals surface area (Å²) in [5, 5.41) is 9.34. The first-order valence-corrected chi connectivity index (χ1v) is 15.6. The molecule has 8 atom stereocenters. The predicted molar refractivity (Wildman–Crippen MR) is 149 cm³/mol. The zero-order valence-electron chi connectivity index (χ0n) is 25.2. The molecule has 38 heavy (non-hydrogen) atoms. The lowest BCUT2D eigenvalue weighted by atomic mass is 9.33. The molecular formula is C33H53NO4. The molecule has 4 aliphatic carbocycles. The molecule has 0 aromatic heterocycles. The van der Waals surface area contributed by atoms with E-state index in [4.69, 9.17) is 0 Å². The molecule has 5 rings (SSSR count). The molecule has 1 saturated heterocycles. The normalized spacial score (nSPS) is 45.8. The van der Waals surface area contributed by atoms with Gasteiger partial charge in [0.05, 0.1) is 6.42 Å². The molecule has 4 unspecified atom stereocenters. The van der Waals surface area contributed by atoms with Crippen molar-refractivity contribution in [2.45, 2.75) is 131 Å². The average Bonchev–Trinajstić information content (AvgIpc) is 3.22. The number of hydrogen-bond acceptors (Lipinski definition) is 3. The van der Waals surface area contributed by atoms with E-state index in [0.717, 1.165) is 32.2 Å². The largest absolute Gasteiger partial charge is 0.481 e. The third-order valence-electron chi connectivity index (χ3n) is 13.9. The Labute approximate surface area is 230 Å². The highest BCUT2D eigenvalue weighted by Gasteiger charge is 2.70. The Morgan fingerprint density at radius 3 is 2.21 bits per heavy atom. The molecule has 0 aromatic rings. The molecule has 0 spiro atoms. The molecule has 214 valence electrons. The number of amides is 1. The number of aldehydes is 1. The highest BCUT2D eigenvalue weighted by atomic mass is 16.4. The van der Waals surface area contributed by atoms with Crippen molar-refractivity contribution in [3.8, 4) is 0 Å².